The molecule has 2 heterocycles. The van der Waals surface area contributed by atoms with E-state index in [1.807, 2.05) is 17.0 Å². The Hall–Kier alpha value is -1.38. The van der Waals surface area contributed by atoms with Crippen molar-refractivity contribution < 1.29 is 14.3 Å². The first-order valence-corrected chi connectivity index (χ1v) is 9.31. The minimum Gasteiger partial charge on any atom is -0.364 e. The first kappa shape index (κ1) is 24.7. The van der Waals surface area contributed by atoms with Crippen molar-refractivity contribution in [2.24, 2.45) is 5.73 Å². The van der Waals surface area contributed by atoms with Crippen LogP contribution in [-0.4, -0.2) is 73.6 Å². The third-order valence-electron chi connectivity index (χ3n) is 5.08. The summed E-state index contributed by atoms with van der Waals surface area (Å²) in [6.45, 7) is 3.69. The number of para-hydroxylation sites is 1. The Bertz CT molecular complexity index is 662. The Morgan fingerprint density at radius 1 is 1.14 bits per heavy atom. The molecule has 0 radical (unpaired) electrons. The number of hydrogen-bond acceptors (Lipinski definition) is 5. The van der Waals surface area contributed by atoms with Crippen LogP contribution in [0.5, 0.6) is 0 Å². The fourth-order valence-electron chi connectivity index (χ4n) is 3.48. The SMILES string of the molecule is CN1CCCN(C(=O)c2ccccc2NC(=O)[C@@H]2CC[C@H](CN)O2)CC1.Cl.Cl. The van der Waals surface area contributed by atoms with E-state index in [-0.39, 0.29) is 42.7 Å². The highest BCUT2D eigenvalue weighted by molar-refractivity contribution is 6.04. The van der Waals surface area contributed by atoms with Gasteiger partial charge in [0.2, 0.25) is 0 Å². The van der Waals surface area contributed by atoms with Crippen LogP contribution in [0.1, 0.15) is 29.6 Å². The molecular weight excluding hydrogens is 403 g/mol. The summed E-state index contributed by atoms with van der Waals surface area (Å²) < 4.78 is 5.65. The number of halogens is 2. The predicted octanol–water partition coefficient (Wildman–Crippen LogP) is 1.75. The van der Waals surface area contributed by atoms with Crippen LogP contribution in [0.3, 0.4) is 0 Å². The monoisotopic (exact) mass is 432 g/mol. The first-order valence-electron chi connectivity index (χ1n) is 9.31. The molecule has 2 atom stereocenters. The Morgan fingerprint density at radius 2 is 1.89 bits per heavy atom. The van der Waals surface area contributed by atoms with E-state index in [9.17, 15) is 9.59 Å². The van der Waals surface area contributed by atoms with E-state index < -0.39 is 6.10 Å². The van der Waals surface area contributed by atoms with E-state index in [1.165, 1.54) is 0 Å². The Labute approximate surface area is 178 Å². The van der Waals surface area contributed by atoms with Gasteiger partial charge < -0.3 is 25.6 Å². The molecule has 0 aromatic heterocycles. The lowest BCUT2D eigenvalue weighted by molar-refractivity contribution is -0.126. The number of anilines is 1. The summed E-state index contributed by atoms with van der Waals surface area (Å²) in [7, 11) is 2.07. The summed E-state index contributed by atoms with van der Waals surface area (Å²) in [6.07, 6.45) is 1.83. The summed E-state index contributed by atoms with van der Waals surface area (Å²) in [5.74, 6) is -0.250. The largest absolute Gasteiger partial charge is 0.364 e. The molecule has 7 nitrogen and oxygen atoms in total. The lowest BCUT2D eigenvalue weighted by Gasteiger charge is -2.22. The standard InChI is InChI=1S/C19H28N4O3.2ClH/c1-22-9-4-10-23(12-11-22)19(25)15-5-2-3-6-16(15)21-18(24)17-8-7-14(13-20)26-17;;/h2-3,5-6,14,17H,4,7-13,20H2,1H3,(H,21,24);2*1H/t14-,17+;;/m1../s1. The van der Waals surface area contributed by atoms with E-state index in [4.69, 9.17) is 10.5 Å². The van der Waals surface area contributed by atoms with Crippen molar-refractivity contribution in [3.63, 3.8) is 0 Å². The minimum atomic E-state index is -0.501. The van der Waals surface area contributed by atoms with Gasteiger partial charge in [0.25, 0.3) is 11.8 Å². The molecule has 158 valence electrons. The van der Waals surface area contributed by atoms with Gasteiger partial charge in [0, 0.05) is 26.2 Å². The van der Waals surface area contributed by atoms with Crippen molar-refractivity contribution in [1.82, 2.24) is 9.80 Å². The molecule has 2 fully saturated rings. The van der Waals surface area contributed by atoms with Gasteiger partial charge in [-0.05, 0) is 45.0 Å². The zero-order chi connectivity index (χ0) is 18.5. The zero-order valence-electron chi connectivity index (χ0n) is 16.1. The fourth-order valence-corrected chi connectivity index (χ4v) is 3.48. The summed E-state index contributed by atoms with van der Waals surface area (Å²) >= 11 is 0. The number of carbonyl (C=O) groups is 2. The summed E-state index contributed by atoms with van der Waals surface area (Å²) in [4.78, 5) is 29.6. The third kappa shape index (κ3) is 6.06. The molecule has 2 aliphatic rings. The molecule has 3 rings (SSSR count). The molecule has 1 aromatic rings. The number of rotatable bonds is 4. The Balaban J connectivity index is 0.00000196. The second-order valence-electron chi connectivity index (χ2n) is 7.04. The quantitative estimate of drug-likeness (QED) is 0.756. The van der Waals surface area contributed by atoms with Gasteiger partial charge >= 0.3 is 0 Å². The maximum atomic E-state index is 13.0. The lowest BCUT2D eigenvalue weighted by atomic mass is 10.1. The van der Waals surface area contributed by atoms with Gasteiger partial charge in [0.15, 0.2) is 0 Å². The van der Waals surface area contributed by atoms with Crippen LogP contribution in [0.25, 0.3) is 0 Å². The van der Waals surface area contributed by atoms with Crippen molar-refractivity contribution in [2.45, 2.75) is 31.5 Å². The van der Waals surface area contributed by atoms with Gasteiger partial charge in [0.05, 0.1) is 17.4 Å². The van der Waals surface area contributed by atoms with Gasteiger partial charge in [-0.1, -0.05) is 12.1 Å². The van der Waals surface area contributed by atoms with Crippen molar-refractivity contribution in [3.8, 4) is 0 Å². The van der Waals surface area contributed by atoms with Crippen LogP contribution in [0.15, 0.2) is 24.3 Å². The highest BCUT2D eigenvalue weighted by Crippen LogP contribution is 2.23. The predicted molar refractivity (Wildman–Crippen MR) is 115 cm³/mol. The van der Waals surface area contributed by atoms with Gasteiger partial charge in [0.1, 0.15) is 6.10 Å². The van der Waals surface area contributed by atoms with Crippen LogP contribution < -0.4 is 11.1 Å². The number of nitrogens with one attached hydrogen (secondary N) is 1. The van der Waals surface area contributed by atoms with Crippen LogP contribution in [-0.2, 0) is 9.53 Å². The molecule has 9 heteroatoms. The molecule has 0 saturated carbocycles. The lowest BCUT2D eigenvalue weighted by Crippen LogP contribution is -2.35. The molecule has 2 saturated heterocycles. The normalized spacial score (nSPS) is 22.6. The number of nitrogens with two attached hydrogens (primary N) is 1. The van der Waals surface area contributed by atoms with Crippen LogP contribution in [0.2, 0.25) is 0 Å². The van der Waals surface area contributed by atoms with Gasteiger partial charge in [-0.15, -0.1) is 24.8 Å². The van der Waals surface area contributed by atoms with Crippen molar-refractivity contribution in [3.05, 3.63) is 29.8 Å². The number of hydrogen-bond donors (Lipinski definition) is 2. The number of nitrogens with zero attached hydrogens (tertiary/aromatic N) is 2. The summed E-state index contributed by atoms with van der Waals surface area (Å²) in [5, 5.41) is 2.88. The van der Waals surface area contributed by atoms with Crippen molar-refractivity contribution in [2.75, 3.05) is 45.1 Å². The van der Waals surface area contributed by atoms with Crippen LogP contribution in [0.4, 0.5) is 5.69 Å². The molecule has 2 aliphatic heterocycles. The van der Waals surface area contributed by atoms with Crippen molar-refractivity contribution >= 4 is 42.3 Å². The zero-order valence-corrected chi connectivity index (χ0v) is 17.8. The molecular formula is C19H30Cl2N4O3. The second kappa shape index (κ2) is 11.6. The average molecular weight is 433 g/mol. The Kier molecular flexibility index (Phi) is 10.2. The van der Waals surface area contributed by atoms with E-state index >= 15 is 0 Å². The van der Waals surface area contributed by atoms with Crippen LogP contribution in [0, 0.1) is 0 Å². The maximum Gasteiger partial charge on any atom is 0.256 e. The van der Waals surface area contributed by atoms with E-state index in [0.29, 0.717) is 30.8 Å². The molecule has 2 amide bonds. The topological polar surface area (TPSA) is 87.9 Å². The summed E-state index contributed by atoms with van der Waals surface area (Å²) in [6, 6.07) is 7.18. The summed E-state index contributed by atoms with van der Waals surface area (Å²) in [5.41, 5.74) is 6.68. The third-order valence-corrected chi connectivity index (χ3v) is 5.08. The molecule has 0 aliphatic carbocycles. The van der Waals surface area contributed by atoms with E-state index in [1.54, 1.807) is 12.1 Å². The number of carbonyl (C=O) groups excluding carboxylic acids is 2. The smallest absolute Gasteiger partial charge is 0.256 e. The minimum absolute atomic E-state index is 0. The maximum absolute atomic E-state index is 13.0. The number of benzene rings is 1. The Morgan fingerprint density at radius 3 is 2.61 bits per heavy atom. The van der Waals surface area contributed by atoms with Crippen molar-refractivity contribution in [1.29, 1.82) is 0 Å². The molecule has 1 aromatic carbocycles. The second-order valence-corrected chi connectivity index (χ2v) is 7.04. The molecule has 0 unspecified atom stereocenters. The fraction of sp³-hybridized carbons (Fsp3) is 0.579. The molecule has 0 spiro atoms. The number of amides is 2. The van der Waals surface area contributed by atoms with Crippen LogP contribution >= 0.6 is 24.8 Å². The molecule has 0 bridgehead atoms. The van der Waals surface area contributed by atoms with Gasteiger partial charge in [-0.25, -0.2) is 0 Å². The van der Waals surface area contributed by atoms with Gasteiger partial charge in [-0.3, -0.25) is 9.59 Å². The average Bonchev–Trinajstić information content (AvgIpc) is 3.04. The number of likely N-dealkylation sites (N-methyl/N-ethyl adjacent to an activating group) is 1. The highest BCUT2D eigenvalue weighted by Gasteiger charge is 2.30. The molecule has 28 heavy (non-hydrogen) atoms. The van der Waals surface area contributed by atoms with E-state index in [0.717, 1.165) is 32.5 Å². The highest BCUT2D eigenvalue weighted by atomic mass is 35.5. The molecule has 3 N–H and O–H groups in total. The first-order chi connectivity index (χ1) is 12.6. The van der Waals surface area contributed by atoms with Gasteiger partial charge in [-0.2, -0.15) is 0 Å². The number of ether oxygens (including phenoxy) is 1. The van der Waals surface area contributed by atoms with E-state index in [2.05, 4.69) is 17.3 Å².